The molecule has 2 fully saturated rings. The molecule has 9 heteroatoms. The summed E-state index contributed by atoms with van der Waals surface area (Å²) in [4.78, 5) is 14.7. The minimum absolute atomic E-state index is 0.0834. The largest absolute Gasteiger partial charge is 0.497 e. The smallest absolute Gasteiger partial charge is 0.410 e. The Bertz CT molecular complexity index is 1520. The first-order chi connectivity index (χ1) is 23.9. The number of hydrogen-bond donors (Lipinski definition) is 3. The van der Waals surface area contributed by atoms with Crippen LogP contribution in [0.25, 0.3) is 0 Å². The van der Waals surface area contributed by atoms with Crippen molar-refractivity contribution in [1.82, 2.24) is 10.2 Å². The van der Waals surface area contributed by atoms with Crippen molar-refractivity contribution in [2.24, 2.45) is 0 Å². The molecule has 0 radical (unpaired) electrons. The average molecular weight is 669 g/mol. The minimum Gasteiger partial charge on any atom is -0.497 e. The summed E-state index contributed by atoms with van der Waals surface area (Å²) in [6.07, 6.45) is 1.24. The second-order valence-corrected chi connectivity index (χ2v) is 12.5. The van der Waals surface area contributed by atoms with E-state index >= 15 is 0 Å². The molecule has 4 aromatic rings. The molecule has 2 aliphatic rings. The second-order valence-electron chi connectivity index (χ2n) is 12.5. The molecule has 2 heterocycles. The maximum atomic E-state index is 13.2. The Balaban J connectivity index is 0.000000514. The van der Waals surface area contributed by atoms with Gasteiger partial charge < -0.3 is 39.4 Å². The molecule has 0 aromatic heterocycles. The number of β-amino-alcohol motifs (C(OH)–C–C–N with tert-alkyl or cyclic N) is 2. The molecule has 4 aromatic carbocycles. The molecule has 9 nitrogen and oxygen atoms in total. The molecule has 260 valence electrons. The number of aliphatic hydroxyl groups is 2. The van der Waals surface area contributed by atoms with Crippen molar-refractivity contribution in [3.05, 3.63) is 131 Å². The molecule has 4 atom stereocenters. The van der Waals surface area contributed by atoms with Crippen LogP contribution in [0.15, 0.2) is 109 Å². The van der Waals surface area contributed by atoms with Gasteiger partial charge in [0, 0.05) is 12.6 Å². The molecule has 0 spiro atoms. The summed E-state index contributed by atoms with van der Waals surface area (Å²) in [5.74, 6) is 1.47. The van der Waals surface area contributed by atoms with Crippen molar-refractivity contribution >= 4 is 6.09 Å². The standard InChI is InChI=1S/C34H35NO6.C6H13NO/c1-38-31-17-13-27(14-18-31)34(26-11-7-4-8-12-26,28-15-19-32(39-2)20-16-28)41-24-29-21-30(36)22-35(29)33(37)40-23-25-9-5-3-6-10-25;1-2-5-3-6(8)4-7-5/h3-20,29-30,36H,21-24H2,1-2H3;5-8H,2-4H2,1H3/t29-,30+;5-,6-/m01/s1. The molecule has 0 bridgehead atoms. The number of benzene rings is 4. The number of likely N-dealkylation sites (tertiary alicyclic amines) is 1. The number of rotatable bonds is 11. The molecule has 0 saturated carbocycles. The van der Waals surface area contributed by atoms with Gasteiger partial charge in [0.05, 0.1) is 45.6 Å². The van der Waals surface area contributed by atoms with Crippen molar-refractivity contribution in [3.63, 3.8) is 0 Å². The Morgan fingerprint density at radius 2 is 1.33 bits per heavy atom. The Labute approximate surface area is 289 Å². The van der Waals surface area contributed by atoms with Gasteiger partial charge in [0.2, 0.25) is 0 Å². The van der Waals surface area contributed by atoms with E-state index in [2.05, 4.69) is 12.2 Å². The van der Waals surface area contributed by atoms with Gasteiger partial charge in [-0.1, -0.05) is 91.9 Å². The summed E-state index contributed by atoms with van der Waals surface area (Å²) in [5, 5.41) is 22.7. The fraction of sp³-hybridized carbons (Fsp3) is 0.375. The highest BCUT2D eigenvalue weighted by molar-refractivity contribution is 5.68. The zero-order chi connectivity index (χ0) is 34.6. The summed E-state index contributed by atoms with van der Waals surface area (Å²) >= 11 is 0. The molecule has 0 unspecified atom stereocenters. The zero-order valence-corrected chi connectivity index (χ0v) is 28.5. The van der Waals surface area contributed by atoms with E-state index in [0.29, 0.717) is 12.5 Å². The monoisotopic (exact) mass is 668 g/mol. The first-order valence-electron chi connectivity index (χ1n) is 16.9. The van der Waals surface area contributed by atoms with E-state index in [-0.39, 0.29) is 31.9 Å². The lowest BCUT2D eigenvalue weighted by molar-refractivity contribution is -0.0163. The highest BCUT2D eigenvalue weighted by atomic mass is 16.6. The van der Waals surface area contributed by atoms with Gasteiger partial charge in [0.1, 0.15) is 23.7 Å². The van der Waals surface area contributed by atoms with Crippen LogP contribution in [-0.4, -0.2) is 79.4 Å². The average Bonchev–Trinajstić information content (AvgIpc) is 3.76. The summed E-state index contributed by atoms with van der Waals surface area (Å²) in [6, 6.07) is 35.3. The molecule has 2 saturated heterocycles. The first kappa shape index (κ1) is 35.9. The third-order valence-electron chi connectivity index (χ3n) is 9.19. The van der Waals surface area contributed by atoms with E-state index in [1.165, 1.54) is 0 Å². The van der Waals surface area contributed by atoms with Gasteiger partial charge in [0.15, 0.2) is 0 Å². The van der Waals surface area contributed by atoms with Gasteiger partial charge in [-0.15, -0.1) is 0 Å². The van der Waals surface area contributed by atoms with Crippen LogP contribution >= 0.6 is 0 Å². The van der Waals surface area contributed by atoms with Gasteiger partial charge in [-0.2, -0.15) is 0 Å². The summed E-state index contributed by atoms with van der Waals surface area (Å²) in [6.45, 7) is 3.44. The second kappa shape index (κ2) is 17.3. The van der Waals surface area contributed by atoms with E-state index in [0.717, 1.165) is 53.1 Å². The Hall–Kier alpha value is -4.41. The highest BCUT2D eigenvalue weighted by Gasteiger charge is 2.42. The van der Waals surface area contributed by atoms with Gasteiger partial charge in [-0.25, -0.2) is 4.79 Å². The van der Waals surface area contributed by atoms with Crippen molar-refractivity contribution < 1.29 is 34.0 Å². The topological polar surface area (TPSA) is 110 Å². The van der Waals surface area contributed by atoms with Crippen LogP contribution in [-0.2, 0) is 21.7 Å². The van der Waals surface area contributed by atoms with Crippen LogP contribution in [0.1, 0.15) is 48.4 Å². The Morgan fingerprint density at radius 1 is 0.776 bits per heavy atom. The quantitative estimate of drug-likeness (QED) is 0.170. The van der Waals surface area contributed by atoms with E-state index in [1.807, 2.05) is 109 Å². The summed E-state index contributed by atoms with van der Waals surface area (Å²) < 4.78 is 23.4. The molecule has 2 aliphatic heterocycles. The van der Waals surface area contributed by atoms with E-state index in [4.69, 9.17) is 24.1 Å². The van der Waals surface area contributed by atoms with Crippen molar-refractivity contribution in [2.45, 2.75) is 62.7 Å². The molecule has 0 aliphatic carbocycles. The lowest BCUT2D eigenvalue weighted by Crippen LogP contribution is -2.42. The van der Waals surface area contributed by atoms with Crippen LogP contribution in [0.2, 0.25) is 0 Å². The number of hydrogen-bond acceptors (Lipinski definition) is 8. The molecule has 1 amide bonds. The zero-order valence-electron chi connectivity index (χ0n) is 28.5. The van der Waals surface area contributed by atoms with Crippen molar-refractivity contribution in [3.8, 4) is 11.5 Å². The highest BCUT2D eigenvalue weighted by Crippen LogP contribution is 2.42. The molecule has 6 rings (SSSR count). The van der Waals surface area contributed by atoms with Crippen molar-refractivity contribution in [2.75, 3.05) is 33.9 Å². The van der Waals surface area contributed by atoms with Crippen LogP contribution in [0, 0.1) is 0 Å². The summed E-state index contributed by atoms with van der Waals surface area (Å²) in [7, 11) is 3.27. The van der Waals surface area contributed by atoms with Crippen LogP contribution < -0.4 is 14.8 Å². The lowest BCUT2D eigenvalue weighted by atomic mass is 9.80. The predicted molar refractivity (Wildman–Crippen MR) is 189 cm³/mol. The third kappa shape index (κ3) is 8.99. The Morgan fingerprint density at radius 3 is 1.82 bits per heavy atom. The number of nitrogens with one attached hydrogen (secondary N) is 1. The van der Waals surface area contributed by atoms with E-state index in [1.54, 1.807) is 19.1 Å². The maximum Gasteiger partial charge on any atom is 0.410 e. The fourth-order valence-electron chi connectivity index (χ4n) is 6.48. The predicted octanol–water partition coefficient (Wildman–Crippen LogP) is 5.90. The fourth-order valence-corrected chi connectivity index (χ4v) is 6.48. The van der Waals surface area contributed by atoms with Crippen LogP contribution in [0.3, 0.4) is 0 Å². The number of aliphatic hydroxyl groups excluding tert-OH is 2. The number of nitrogens with zero attached hydrogens (tertiary/aromatic N) is 1. The van der Waals surface area contributed by atoms with Gasteiger partial charge in [-0.3, -0.25) is 0 Å². The first-order valence-corrected chi connectivity index (χ1v) is 16.9. The van der Waals surface area contributed by atoms with Gasteiger partial charge in [0.25, 0.3) is 0 Å². The molecule has 3 N–H and O–H groups in total. The maximum absolute atomic E-state index is 13.2. The number of ether oxygens (including phenoxy) is 4. The number of carbonyl (C=O) groups is 1. The number of carbonyl (C=O) groups excluding carboxylic acids is 1. The number of amides is 1. The lowest BCUT2D eigenvalue weighted by Gasteiger charge is -2.37. The van der Waals surface area contributed by atoms with Crippen molar-refractivity contribution in [1.29, 1.82) is 0 Å². The minimum atomic E-state index is -1.02. The Kier molecular flexibility index (Phi) is 12.7. The normalized spacial score (nSPS) is 20.3. The molecular weight excluding hydrogens is 620 g/mol. The third-order valence-corrected chi connectivity index (χ3v) is 9.19. The van der Waals surface area contributed by atoms with Gasteiger partial charge in [-0.05, 0) is 65.8 Å². The molecule has 49 heavy (non-hydrogen) atoms. The SMILES string of the molecule is CC[C@@H]1C[C@@H](O)CN1.COc1ccc(C(OC[C@@H]2C[C@@H](O)CN2C(=O)OCc2ccccc2)(c2ccccc2)c2ccc(OC)cc2)cc1. The number of methoxy groups -OCH3 is 2. The van der Waals surface area contributed by atoms with Gasteiger partial charge >= 0.3 is 6.09 Å². The van der Waals surface area contributed by atoms with E-state index < -0.39 is 17.8 Å². The summed E-state index contributed by atoms with van der Waals surface area (Å²) in [5.41, 5.74) is 2.59. The van der Waals surface area contributed by atoms with Crippen LogP contribution in [0.5, 0.6) is 11.5 Å². The van der Waals surface area contributed by atoms with E-state index in [9.17, 15) is 9.90 Å². The van der Waals surface area contributed by atoms with Crippen LogP contribution in [0.4, 0.5) is 4.79 Å². The molecular formula is C40H48N2O7.